The number of aliphatic hydroxyl groups excluding tert-OH is 5. The first-order valence-corrected chi connectivity index (χ1v) is 18.8. The number of aliphatic hydroxyl groups is 5. The number of carbonyl (C=O) groups is 3. The molecule has 2 aliphatic heterocycles. The van der Waals surface area contributed by atoms with Crippen molar-refractivity contribution < 1.29 is 68.3 Å². The van der Waals surface area contributed by atoms with Gasteiger partial charge in [0.15, 0.2) is 12.1 Å². The largest absolute Gasteiger partial charge is 0.460 e. The van der Waals surface area contributed by atoms with E-state index in [-0.39, 0.29) is 49.9 Å². The Morgan fingerprint density at radius 3 is 2.39 bits per heavy atom. The first-order chi connectivity index (χ1) is 25.7. The number of nitrogens with one attached hydrogen (secondary N) is 1. The van der Waals surface area contributed by atoms with Crippen LogP contribution in [0.4, 0.5) is 0 Å². The van der Waals surface area contributed by atoms with Gasteiger partial charge in [-0.05, 0) is 76.6 Å². The third-order valence-electron chi connectivity index (χ3n) is 10.3. The molecule has 4 fully saturated rings. The van der Waals surface area contributed by atoms with E-state index in [1.165, 1.54) is 0 Å². The molecule has 0 radical (unpaired) electrons. The first kappa shape index (κ1) is 40.4. The Balaban J connectivity index is 1.11. The summed E-state index contributed by atoms with van der Waals surface area (Å²) in [6.45, 7) is 4.28. The highest BCUT2D eigenvalue weighted by Crippen LogP contribution is 2.59. The lowest BCUT2D eigenvalue weighted by atomic mass is 9.91. The van der Waals surface area contributed by atoms with E-state index in [1.54, 1.807) is 63.3 Å². The van der Waals surface area contributed by atoms with E-state index in [1.807, 2.05) is 0 Å². The van der Waals surface area contributed by atoms with Gasteiger partial charge in [0, 0.05) is 30.3 Å². The normalized spacial score (nSPS) is 31.4. The van der Waals surface area contributed by atoms with E-state index in [4.69, 9.17) is 28.4 Å². The van der Waals surface area contributed by atoms with Crippen LogP contribution in [0.1, 0.15) is 81.6 Å². The number of amides is 1. The number of rotatable bonds is 15. The monoisotopic (exact) mass is 759 g/mol. The van der Waals surface area contributed by atoms with Crippen molar-refractivity contribution in [2.45, 2.75) is 132 Å². The second-order valence-corrected chi connectivity index (χ2v) is 15.8. The fraction of sp³-hybridized carbons (Fsp3) is 0.667. The van der Waals surface area contributed by atoms with Gasteiger partial charge in [-0.3, -0.25) is 9.59 Å². The molecule has 2 saturated heterocycles. The van der Waals surface area contributed by atoms with Crippen LogP contribution in [-0.4, -0.2) is 130 Å². The zero-order valence-corrected chi connectivity index (χ0v) is 30.9. The molecule has 54 heavy (non-hydrogen) atoms. The summed E-state index contributed by atoms with van der Waals surface area (Å²) in [4.78, 5) is 39.6. The van der Waals surface area contributed by atoms with Gasteiger partial charge in [-0.25, -0.2) is 4.79 Å². The summed E-state index contributed by atoms with van der Waals surface area (Å²) < 4.78 is 35.7. The second-order valence-electron chi connectivity index (χ2n) is 15.8. The third kappa shape index (κ3) is 9.57. The summed E-state index contributed by atoms with van der Waals surface area (Å²) in [6.07, 6.45) is 0.0886. The molecule has 6 rings (SSSR count). The smallest absolute Gasteiger partial charge is 0.338 e. The van der Waals surface area contributed by atoms with Crippen LogP contribution in [0.2, 0.25) is 0 Å². The number of benzene rings is 1. The van der Waals surface area contributed by atoms with Crippen LogP contribution >= 0.6 is 0 Å². The molecule has 15 nitrogen and oxygen atoms in total. The maximum Gasteiger partial charge on any atom is 0.338 e. The minimum atomic E-state index is -1.55. The van der Waals surface area contributed by atoms with Crippen molar-refractivity contribution in [2.24, 2.45) is 11.8 Å². The number of ether oxygens (including phenoxy) is 6. The molecule has 0 aromatic heterocycles. The van der Waals surface area contributed by atoms with Crippen molar-refractivity contribution in [2.75, 3.05) is 19.8 Å². The summed E-state index contributed by atoms with van der Waals surface area (Å²) in [5.41, 5.74) is 0.553. The van der Waals surface area contributed by atoms with Crippen LogP contribution in [0.5, 0.6) is 0 Å². The van der Waals surface area contributed by atoms with Crippen LogP contribution in [-0.2, 0) is 38.0 Å². The summed E-state index contributed by atoms with van der Waals surface area (Å²) in [5, 5.41) is 52.4. The molecule has 9 unspecified atom stereocenters. The summed E-state index contributed by atoms with van der Waals surface area (Å²) in [7, 11) is 0. The first-order valence-electron chi connectivity index (χ1n) is 18.8. The highest BCUT2D eigenvalue weighted by molar-refractivity contribution is 5.94. The SMILES string of the molecule is CC(C)(C)OC(=O)CCC(CO)NC(=O)C1=CC2OC(C3CC3)(C3CC3)OC2C(OC(=O)c2cccc(C=CCOC3OC(CO)C(O)C(O)C3O)c2)C1. The Kier molecular flexibility index (Phi) is 12.6. The zero-order valence-electron chi connectivity index (χ0n) is 30.9. The fourth-order valence-corrected chi connectivity index (χ4v) is 7.26. The van der Waals surface area contributed by atoms with Gasteiger partial charge in [0.05, 0.1) is 31.4 Å². The predicted molar refractivity (Wildman–Crippen MR) is 189 cm³/mol. The lowest BCUT2D eigenvalue weighted by Gasteiger charge is -2.39. The van der Waals surface area contributed by atoms with Crippen molar-refractivity contribution >= 4 is 23.9 Å². The Morgan fingerprint density at radius 2 is 1.74 bits per heavy atom. The van der Waals surface area contributed by atoms with E-state index < -0.39 is 90.9 Å². The van der Waals surface area contributed by atoms with Crippen LogP contribution in [0.25, 0.3) is 6.08 Å². The summed E-state index contributed by atoms with van der Waals surface area (Å²) in [6, 6.07) is 5.97. The predicted octanol–water partition coefficient (Wildman–Crippen LogP) is 1.27. The molecule has 1 aromatic rings. The van der Waals surface area contributed by atoms with Gasteiger partial charge in [0.1, 0.15) is 48.3 Å². The molecule has 3 aliphatic carbocycles. The summed E-state index contributed by atoms with van der Waals surface area (Å²) >= 11 is 0. The third-order valence-corrected chi connectivity index (χ3v) is 10.3. The van der Waals surface area contributed by atoms with Crippen molar-refractivity contribution in [1.82, 2.24) is 5.32 Å². The molecular formula is C39H53NO14. The Morgan fingerprint density at radius 1 is 1.02 bits per heavy atom. The zero-order chi connectivity index (χ0) is 38.8. The Hall–Kier alpha value is -3.25. The molecule has 15 heteroatoms. The molecule has 1 aromatic carbocycles. The number of esters is 2. The van der Waals surface area contributed by atoms with Gasteiger partial charge in [0.2, 0.25) is 5.91 Å². The molecule has 2 saturated carbocycles. The van der Waals surface area contributed by atoms with Crippen molar-refractivity contribution in [1.29, 1.82) is 0 Å². The lowest BCUT2D eigenvalue weighted by molar-refractivity contribution is -0.298. The van der Waals surface area contributed by atoms with E-state index in [2.05, 4.69) is 5.32 Å². The number of hydrogen-bond donors (Lipinski definition) is 6. The lowest BCUT2D eigenvalue weighted by Crippen LogP contribution is -2.59. The molecule has 298 valence electrons. The van der Waals surface area contributed by atoms with Gasteiger partial charge in [-0.2, -0.15) is 0 Å². The topological polar surface area (TPSA) is 220 Å². The average molecular weight is 760 g/mol. The van der Waals surface area contributed by atoms with Crippen LogP contribution in [0.3, 0.4) is 0 Å². The maximum absolute atomic E-state index is 13.7. The molecule has 9 atom stereocenters. The fourth-order valence-electron chi connectivity index (χ4n) is 7.26. The van der Waals surface area contributed by atoms with E-state index in [0.717, 1.165) is 25.7 Å². The van der Waals surface area contributed by atoms with E-state index in [0.29, 0.717) is 11.1 Å². The van der Waals surface area contributed by atoms with E-state index >= 15 is 0 Å². The van der Waals surface area contributed by atoms with Crippen LogP contribution in [0.15, 0.2) is 42.0 Å². The Bertz CT molecular complexity index is 1550. The molecular weight excluding hydrogens is 706 g/mol. The van der Waals surface area contributed by atoms with Crippen LogP contribution in [0, 0.1) is 11.8 Å². The van der Waals surface area contributed by atoms with Gasteiger partial charge in [0.25, 0.3) is 0 Å². The highest BCUT2D eigenvalue weighted by atomic mass is 16.8. The molecule has 2 heterocycles. The molecule has 6 N–H and O–H groups in total. The van der Waals surface area contributed by atoms with Gasteiger partial charge >= 0.3 is 11.9 Å². The molecule has 0 spiro atoms. The molecule has 0 bridgehead atoms. The minimum absolute atomic E-state index is 0.00847. The summed E-state index contributed by atoms with van der Waals surface area (Å²) in [5.74, 6) is -1.84. The van der Waals surface area contributed by atoms with Crippen LogP contribution < -0.4 is 5.32 Å². The average Bonchev–Trinajstić information content (AvgIpc) is 4.08. The number of carbonyl (C=O) groups excluding carboxylic acids is 3. The molecule has 5 aliphatic rings. The quantitative estimate of drug-likeness (QED) is 0.139. The number of hydrogen-bond acceptors (Lipinski definition) is 14. The van der Waals surface area contributed by atoms with Gasteiger partial charge in [-0.1, -0.05) is 24.3 Å². The maximum atomic E-state index is 13.7. The van der Waals surface area contributed by atoms with Gasteiger partial charge in [-0.15, -0.1) is 0 Å². The van der Waals surface area contributed by atoms with Crippen molar-refractivity contribution in [3.8, 4) is 0 Å². The minimum Gasteiger partial charge on any atom is -0.460 e. The van der Waals surface area contributed by atoms with E-state index in [9.17, 15) is 39.9 Å². The van der Waals surface area contributed by atoms with Gasteiger partial charge < -0.3 is 59.3 Å². The number of fused-ring (bicyclic) bond motifs is 1. The molecule has 1 amide bonds. The van der Waals surface area contributed by atoms with Crippen molar-refractivity contribution in [3.05, 3.63) is 53.1 Å². The standard InChI is InChI=1S/C39H53NO14/c1-38(2,3)53-30(43)14-13-26(19-41)40-35(47)23-17-27(34-28(18-23)52-39(54-34,24-9-10-24)25-11-12-25)50-36(48)22-8-4-6-21(16-22)7-5-15-49-37-33(46)32(45)31(44)29(20-42)51-37/h4-8,16,18,24-29,31-34,37,41-42,44-46H,9-15,17,19-20H2,1-3H3,(H,40,47). The Labute approximate surface area is 314 Å². The second kappa shape index (κ2) is 16.9. The van der Waals surface area contributed by atoms with Crippen molar-refractivity contribution in [3.63, 3.8) is 0 Å². The highest BCUT2D eigenvalue weighted by Gasteiger charge is 2.64.